The molecule has 1 aromatic heterocycles. The number of H-pyrrole nitrogens is 1. The van der Waals surface area contributed by atoms with Crippen LogP contribution in [0.15, 0.2) is 18.2 Å². The Balaban J connectivity index is 1.64. The molecule has 4 rings (SSSR count). The third-order valence-corrected chi connectivity index (χ3v) is 5.68. The zero-order valence-corrected chi connectivity index (χ0v) is 14.5. The quantitative estimate of drug-likeness (QED) is 0.856. The van der Waals surface area contributed by atoms with E-state index in [1.165, 1.54) is 55.3 Å². The van der Waals surface area contributed by atoms with E-state index in [9.17, 15) is 4.79 Å². The Morgan fingerprint density at radius 1 is 1.33 bits per heavy atom. The second kappa shape index (κ2) is 6.25. The minimum atomic E-state index is -0.381. The number of amides is 1. The molecule has 0 saturated heterocycles. The van der Waals surface area contributed by atoms with E-state index in [4.69, 9.17) is 5.73 Å². The molecule has 4 nitrogen and oxygen atoms in total. The largest absolute Gasteiger partial charge is 0.364 e. The molecule has 1 heterocycles. The van der Waals surface area contributed by atoms with E-state index in [0.29, 0.717) is 11.7 Å². The molecule has 1 aromatic carbocycles. The average molecular weight is 325 g/mol. The van der Waals surface area contributed by atoms with Gasteiger partial charge in [-0.2, -0.15) is 0 Å². The highest BCUT2D eigenvalue weighted by Crippen LogP contribution is 2.34. The summed E-state index contributed by atoms with van der Waals surface area (Å²) in [4.78, 5) is 17.4. The van der Waals surface area contributed by atoms with Gasteiger partial charge in [0.1, 0.15) is 5.69 Å². The number of nitrogens with two attached hydrogens (primary N) is 1. The first-order valence-electron chi connectivity index (χ1n) is 9.33. The van der Waals surface area contributed by atoms with Gasteiger partial charge >= 0.3 is 0 Å². The predicted molar refractivity (Wildman–Crippen MR) is 97.2 cm³/mol. The van der Waals surface area contributed by atoms with Crippen LogP contribution in [0.2, 0.25) is 0 Å². The number of hydrogen-bond donors (Lipinski definition) is 2. The number of aromatic nitrogens is 1. The lowest BCUT2D eigenvalue weighted by atomic mass is 9.85. The molecule has 2 aromatic rings. The second-order valence-corrected chi connectivity index (χ2v) is 7.55. The van der Waals surface area contributed by atoms with E-state index in [-0.39, 0.29) is 5.91 Å². The molecule has 1 fully saturated rings. The summed E-state index contributed by atoms with van der Waals surface area (Å²) in [6, 6.07) is 6.90. The number of hydrogen-bond acceptors (Lipinski definition) is 2. The second-order valence-electron chi connectivity index (χ2n) is 7.55. The van der Waals surface area contributed by atoms with Gasteiger partial charge in [0.25, 0.3) is 5.91 Å². The van der Waals surface area contributed by atoms with Gasteiger partial charge in [-0.3, -0.25) is 9.69 Å². The van der Waals surface area contributed by atoms with Crippen LogP contribution in [0.4, 0.5) is 0 Å². The first-order valence-corrected chi connectivity index (χ1v) is 9.33. The Kier molecular flexibility index (Phi) is 4.09. The highest BCUT2D eigenvalue weighted by Gasteiger charge is 2.30. The molecule has 128 valence electrons. The molecule has 0 unspecified atom stereocenters. The van der Waals surface area contributed by atoms with Gasteiger partial charge in [0.15, 0.2) is 0 Å². The smallest absolute Gasteiger partial charge is 0.265 e. The van der Waals surface area contributed by atoms with Gasteiger partial charge < -0.3 is 10.7 Å². The highest BCUT2D eigenvalue weighted by atomic mass is 16.1. The average Bonchev–Trinajstić information content (AvgIpc) is 3.28. The number of rotatable bonds is 6. The Hall–Kier alpha value is -1.81. The van der Waals surface area contributed by atoms with Crippen LogP contribution in [0.5, 0.6) is 0 Å². The number of nitrogens with one attached hydrogen (secondary N) is 1. The fraction of sp³-hybridized carbons (Fsp3) is 0.550. The minimum absolute atomic E-state index is 0.381. The molecule has 2 aliphatic rings. The van der Waals surface area contributed by atoms with E-state index in [1.54, 1.807) is 0 Å². The molecule has 4 heteroatoms. The van der Waals surface area contributed by atoms with Crippen LogP contribution in [-0.4, -0.2) is 34.9 Å². The number of carbonyl (C=O) groups excluding carboxylic acids is 1. The van der Waals surface area contributed by atoms with Crippen molar-refractivity contribution < 1.29 is 4.79 Å². The third kappa shape index (κ3) is 2.95. The number of benzene rings is 1. The number of aryl methyl sites for hydroxylation is 1. The van der Waals surface area contributed by atoms with Gasteiger partial charge in [0.2, 0.25) is 0 Å². The van der Waals surface area contributed by atoms with E-state index >= 15 is 0 Å². The van der Waals surface area contributed by atoms with Crippen LogP contribution >= 0.6 is 0 Å². The molecule has 1 atom stereocenters. The maximum absolute atomic E-state index is 11.5. The van der Waals surface area contributed by atoms with E-state index in [2.05, 4.69) is 28.9 Å². The predicted octanol–water partition coefficient (Wildman–Crippen LogP) is 3.25. The van der Waals surface area contributed by atoms with Gasteiger partial charge in [0.05, 0.1) is 0 Å². The molecule has 0 spiro atoms. The van der Waals surface area contributed by atoms with Gasteiger partial charge in [-0.1, -0.05) is 13.0 Å². The molecule has 1 amide bonds. The molecule has 0 radical (unpaired) electrons. The summed E-state index contributed by atoms with van der Waals surface area (Å²) in [5.74, 6) is 0.552. The maximum Gasteiger partial charge on any atom is 0.265 e. The molecular formula is C20H27N3O. The SMILES string of the molecule is CCCN(CC1CC1)[C@@H]1CCc2ccc3[nH]c(C(N)=O)cc3c2C1. The van der Waals surface area contributed by atoms with Crippen molar-refractivity contribution >= 4 is 16.8 Å². The van der Waals surface area contributed by atoms with Gasteiger partial charge in [-0.05, 0) is 74.2 Å². The number of fused-ring (bicyclic) bond motifs is 3. The minimum Gasteiger partial charge on any atom is -0.364 e. The number of aromatic amines is 1. The van der Waals surface area contributed by atoms with Crippen molar-refractivity contribution in [1.29, 1.82) is 0 Å². The van der Waals surface area contributed by atoms with E-state index < -0.39 is 0 Å². The summed E-state index contributed by atoms with van der Waals surface area (Å²) in [6.45, 7) is 4.75. The Morgan fingerprint density at radius 2 is 2.17 bits per heavy atom. The molecule has 24 heavy (non-hydrogen) atoms. The standard InChI is InChI=1S/C20H27N3O/c1-2-9-23(12-13-3-4-13)15-7-5-14-6-8-18-17(16(14)10-15)11-19(22-18)20(21)24/h6,8,11,13,15,22H,2-5,7,9-10,12H2,1H3,(H2,21,24)/t15-/m1/s1. The fourth-order valence-electron chi connectivity index (χ4n) is 4.23. The van der Waals surface area contributed by atoms with Crippen molar-refractivity contribution in [2.24, 2.45) is 11.7 Å². The van der Waals surface area contributed by atoms with Crippen LogP contribution in [-0.2, 0) is 12.8 Å². The van der Waals surface area contributed by atoms with E-state index in [0.717, 1.165) is 24.3 Å². The molecule has 0 aliphatic heterocycles. The monoisotopic (exact) mass is 325 g/mol. The number of nitrogens with zero attached hydrogens (tertiary/aromatic N) is 1. The maximum atomic E-state index is 11.5. The van der Waals surface area contributed by atoms with Crippen LogP contribution in [0.25, 0.3) is 10.9 Å². The first kappa shape index (κ1) is 15.7. The van der Waals surface area contributed by atoms with Crippen LogP contribution < -0.4 is 5.73 Å². The van der Waals surface area contributed by atoms with Gasteiger partial charge in [0, 0.05) is 23.5 Å². The van der Waals surface area contributed by atoms with Crippen LogP contribution in [0, 0.1) is 5.92 Å². The summed E-state index contributed by atoms with van der Waals surface area (Å²) in [7, 11) is 0. The molecule has 3 N–H and O–H groups in total. The summed E-state index contributed by atoms with van der Waals surface area (Å²) in [5, 5.41) is 1.19. The lowest BCUT2D eigenvalue weighted by Crippen LogP contribution is -2.41. The fourth-order valence-corrected chi connectivity index (χ4v) is 4.23. The number of primary amides is 1. The summed E-state index contributed by atoms with van der Waals surface area (Å²) in [6.07, 6.45) is 7.52. The molecule has 0 bridgehead atoms. The molecule has 2 aliphatic carbocycles. The highest BCUT2D eigenvalue weighted by molar-refractivity contribution is 5.98. The lowest BCUT2D eigenvalue weighted by Gasteiger charge is -2.35. The van der Waals surface area contributed by atoms with Crippen molar-refractivity contribution in [3.8, 4) is 0 Å². The summed E-state index contributed by atoms with van der Waals surface area (Å²) in [5.41, 5.74) is 9.87. The van der Waals surface area contributed by atoms with Gasteiger partial charge in [-0.25, -0.2) is 0 Å². The summed E-state index contributed by atoms with van der Waals surface area (Å²) < 4.78 is 0. The Morgan fingerprint density at radius 3 is 2.88 bits per heavy atom. The van der Waals surface area contributed by atoms with Crippen LogP contribution in [0.1, 0.15) is 54.2 Å². The Bertz CT molecular complexity index is 760. The lowest BCUT2D eigenvalue weighted by molar-refractivity contribution is 0.0996. The van der Waals surface area contributed by atoms with Crippen molar-refractivity contribution in [3.05, 3.63) is 35.0 Å². The third-order valence-electron chi connectivity index (χ3n) is 5.68. The topological polar surface area (TPSA) is 62.1 Å². The number of carbonyl (C=O) groups is 1. The van der Waals surface area contributed by atoms with Crippen molar-refractivity contribution in [1.82, 2.24) is 9.88 Å². The van der Waals surface area contributed by atoms with Gasteiger partial charge in [-0.15, -0.1) is 0 Å². The van der Waals surface area contributed by atoms with Crippen molar-refractivity contribution in [2.75, 3.05) is 13.1 Å². The zero-order chi connectivity index (χ0) is 16.7. The molecule has 1 saturated carbocycles. The van der Waals surface area contributed by atoms with Crippen LogP contribution in [0.3, 0.4) is 0 Å². The van der Waals surface area contributed by atoms with Crippen molar-refractivity contribution in [2.45, 2.75) is 51.5 Å². The molecular weight excluding hydrogens is 298 g/mol. The zero-order valence-electron chi connectivity index (χ0n) is 14.5. The van der Waals surface area contributed by atoms with E-state index in [1.807, 2.05) is 6.07 Å². The first-order chi connectivity index (χ1) is 11.7. The normalized spacial score (nSPS) is 20.5. The van der Waals surface area contributed by atoms with Crippen molar-refractivity contribution in [3.63, 3.8) is 0 Å². The Labute approximate surface area is 143 Å². The summed E-state index contributed by atoms with van der Waals surface area (Å²) >= 11 is 0.